The highest BCUT2D eigenvalue weighted by atomic mass is 32.1. The SMILES string of the molecule is COc1cc(N)c(C=N)cc1Nc1ncnc2sc3c(c12)CCC(CC(=O)N1CC(O)C1)C3. The van der Waals surface area contributed by atoms with Gasteiger partial charge in [-0.2, -0.15) is 0 Å². The number of nitrogens with zero attached hydrogens (tertiary/aromatic N) is 3. The molecular formula is C23H26N6O3S. The van der Waals surface area contributed by atoms with Crippen molar-refractivity contribution in [2.24, 2.45) is 5.92 Å². The van der Waals surface area contributed by atoms with Gasteiger partial charge in [0.2, 0.25) is 5.91 Å². The molecule has 3 aromatic rings. The fraction of sp³-hybridized carbons (Fsp3) is 0.391. The van der Waals surface area contributed by atoms with Gasteiger partial charge in [-0.05, 0) is 36.8 Å². The molecule has 0 saturated carbocycles. The molecule has 3 heterocycles. The number of nitrogens with two attached hydrogens (primary N) is 1. The maximum absolute atomic E-state index is 12.5. The first-order valence-corrected chi connectivity index (χ1v) is 11.7. The summed E-state index contributed by atoms with van der Waals surface area (Å²) in [6, 6.07) is 3.48. The van der Waals surface area contributed by atoms with Crippen molar-refractivity contribution in [3.05, 3.63) is 34.5 Å². The first-order valence-electron chi connectivity index (χ1n) is 10.9. The molecule has 1 unspecified atom stereocenters. The maximum atomic E-state index is 12.5. The van der Waals surface area contributed by atoms with E-state index in [1.165, 1.54) is 16.7 Å². The summed E-state index contributed by atoms with van der Waals surface area (Å²) in [6.45, 7) is 0.914. The minimum Gasteiger partial charge on any atom is -0.494 e. The van der Waals surface area contributed by atoms with Gasteiger partial charge in [0.1, 0.15) is 22.7 Å². The van der Waals surface area contributed by atoms with E-state index in [0.29, 0.717) is 53.9 Å². The van der Waals surface area contributed by atoms with Gasteiger partial charge in [-0.15, -0.1) is 11.3 Å². The third-order valence-corrected chi connectivity index (χ3v) is 7.60. The minimum atomic E-state index is -0.367. The van der Waals surface area contributed by atoms with Gasteiger partial charge in [0.05, 0.1) is 24.3 Å². The number of carbonyl (C=O) groups is 1. The summed E-state index contributed by atoms with van der Waals surface area (Å²) in [5, 5.41) is 21.4. The number of hydrogen-bond acceptors (Lipinski definition) is 9. The number of anilines is 3. The topological polar surface area (TPSA) is 137 Å². The second-order valence-electron chi connectivity index (χ2n) is 8.62. The Hall–Kier alpha value is -3.24. The Morgan fingerprint density at radius 2 is 2.24 bits per heavy atom. The Morgan fingerprint density at radius 1 is 1.42 bits per heavy atom. The Bertz CT molecular complexity index is 1240. The molecule has 1 saturated heterocycles. The number of fused-ring (bicyclic) bond motifs is 3. The van der Waals surface area contributed by atoms with Crippen molar-refractivity contribution in [2.45, 2.75) is 31.8 Å². The molecule has 10 heteroatoms. The van der Waals surface area contributed by atoms with Crippen LogP contribution in [0.15, 0.2) is 18.5 Å². The summed E-state index contributed by atoms with van der Waals surface area (Å²) < 4.78 is 5.49. The van der Waals surface area contributed by atoms with Crippen LogP contribution in [-0.2, 0) is 17.6 Å². The number of aliphatic hydroxyl groups is 1. The van der Waals surface area contributed by atoms with E-state index in [-0.39, 0.29) is 12.0 Å². The highest BCUT2D eigenvalue weighted by molar-refractivity contribution is 7.19. The predicted molar refractivity (Wildman–Crippen MR) is 129 cm³/mol. The van der Waals surface area contributed by atoms with Crippen LogP contribution in [-0.4, -0.2) is 58.4 Å². The molecule has 5 rings (SSSR count). The van der Waals surface area contributed by atoms with Crippen LogP contribution in [0.25, 0.3) is 10.2 Å². The monoisotopic (exact) mass is 466 g/mol. The number of aryl methyl sites for hydroxylation is 1. The molecule has 9 nitrogen and oxygen atoms in total. The molecule has 2 aromatic heterocycles. The molecule has 1 amide bonds. The molecule has 1 fully saturated rings. The van der Waals surface area contributed by atoms with Crippen LogP contribution in [0.2, 0.25) is 0 Å². The maximum Gasteiger partial charge on any atom is 0.223 e. The van der Waals surface area contributed by atoms with Gasteiger partial charge in [-0.3, -0.25) is 4.79 Å². The fourth-order valence-corrected chi connectivity index (χ4v) is 5.92. The van der Waals surface area contributed by atoms with E-state index < -0.39 is 0 Å². The third-order valence-electron chi connectivity index (χ3n) is 6.44. The average molecular weight is 467 g/mol. The van der Waals surface area contributed by atoms with E-state index in [1.54, 1.807) is 41.8 Å². The lowest BCUT2D eigenvalue weighted by Gasteiger charge is -2.37. The number of nitrogens with one attached hydrogen (secondary N) is 2. The number of aliphatic hydroxyl groups excluding tert-OH is 1. The molecule has 0 spiro atoms. The molecular weight excluding hydrogens is 440 g/mol. The number of benzene rings is 1. The number of aromatic nitrogens is 2. The van der Waals surface area contributed by atoms with Gasteiger partial charge >= 0.3 is 0 Å². The molecule has 0 bridgehead atoms. The van der Waals surface area contributed by atoms with Crippen molar-refractivity contribution in [1.82, 2.24) is 14.9 Å². The summed E-state index contributed by atoms with van der Waals surface area (Å²) in [6.07, 6.45) is 5.55. The van der Waals surface area contributed by atoms with Gasteiger partial charge < -0.3 is 31.2 Å². The standard InChI is InChI=1S/C23H26N6O3S/c1-32-18-7-16(25)13(8-24)6-17(18)28-22-21-15-3-2-12(5-20(31)29-9-14(30)10-29)4-19(15)33-23(21)27-11-26-22/h6-8,11-12,14,24,30H,2-5,9-10,25H2,1H3,(H,26,27,28). The van der Waals surface area contributed by atoms with E-state index in [0.717, 1.165) is 29.5 Å². The number of methoxy groups -OCH3 is 1. The number of β-amino-alcohol motifs (C(OH)–C–C–N with tert-alkyl or cyclic N) is 1. The van der Waals surface area contributed by atoms with Crippen molar-refractivity contribution < 1.29 is 14.6 Å². The van der Waals surface area contributed by atoms with E-state index in [9.17, 15) is 9.90 Å². The first-order chi connectivity index (χ1) is 16.0. The van der Waals surface area contributed by atoms with Gasteiger partial charge in [-0.1, -0.05) is 0 Å². The van der Waals surface area contributed by atoms with Crippen molar-refractivity contribution in [3.8, 4) is 5.75 Å². The van der Waals surface area contributed by atoms with Crippen LogP contribution >= 0.6 is 11.3 Å². The lowest BCUT2D eigenvalue weighted by atomic mass is 9.85. The number of likely N-dealkylation sites (tertiary alicyclic amines) is 1. The average Bonchev–Trinajstić information content (AvgIpc) is 3.16. The van der Waals surface area contributed by atoms with Crippen LogP contribution in [0, 0.1) is 11.3 Å². The third kappa shape index (κ3) is 4.00. The van der Waals surface area contributed by atoms with Crippen LogP contribution < -0.4 is 15.8 Å². The molecule has 1 atom stereocenters. The summed E-state index contributed by atoms with van der Waals surface area (Å²) >= 11 is 1.66. The quantitative estimate of drug-likeness (QED) is 0.324. The molecule has 2 aliphatic rings. The highest BCUT2D eigenvalue weighted by Gasteiger charge is 2.32. The lowest BCUT2D eigenvalue weighted by molar-refractivity contribution is -0.142. The van der Waals surface area contributed by atoms with E-state index >= 15 is 0 Å². The van der Waals surface area contributed by atoms with Gasteiger partial charge in [-0.25, -0.2) is 9.97 Å². The Balaban J connectivity index is 1.41. The van der Waals surface area contributed by atoms with E-state index in [4.69, 9.17) is 15.9 Å². The smallest absolute Gasteiger partial charge is 0.223 e. The Labute approximate surface area is 195 Å². The second kappa shape index (κ2) is 8.60. The fourth-order valence-electron chi connectivity index (χ4n) is 4.61. The molecule has 1 aliphatic carbocycles. The normalized spacial score (nSPS) is 18.0. The summed E-state index contributed by atoms with van der Waals surface area (Å²) in [4.78, 5) is 25.4. The summed E-state index contributed by atoms with van der Waals surface area (Å²) in [5.74, 6) is 1.70. The zero-order chi connectivity index (χ0) is 23.1. The zero-order valence-corrected chi connectivity index (χ0v) is 19.1. The van der Waals surface area contributed by atoms with Crippen LogP contribution in [0.4, 0.5) is 17.2 Å². The number of hydrogen-bond donors (Lipinski definition) is 4. The van der Waals surface area contributed by atoms with E-state index in [1.807, 2.05) is 0 Å². The van der Waals surface area contributed by atoms with Crippen LogP contribution in [0.5, 0.6) is 5.75 Å². The first kappa shape index (κ1) is 21.6. The number of thiophene rings is 1. The number of amides is 1. The molecule has 0 radical (unpaired) electrons. The molecule has 1 aliphatic heterocycles. The predicted octanol–water partition coefficient (Wildman–Crippen LogP) is 2.72. The van der Waals surface area contributed by atoms with Crippen molar-refractivity contribution in [1.29, 1.82) is 5.41 Å². The summed E-state index contributed by atoms with van der Waals surface area (Å²) in [7, 11) is 1.58. The molecule has 1 aromatic carbocycles. The van der Waals surface area contributed by atoms with Gasteiger partial charge in [0.15, 0.2) is 0 Å². The molecule has 5 N–H and O–H groups in total. The van der Waals surface area contributed by atoms with Crippen molar-refractivity contribution in [2.75, 3.05) is 31.2 Å². The number of ether oxygens (including phenoxy) is 1. The van der Waals surface area contributed by atoms with Crippen molar-refractivity contribution in [3.63, 3.8) is 0 Å². The number of rotatable bonds is 6. The molecule has 33 heavy (non-hydrogen) atoms. The zero-order valence-electron chi connectivity index (χ0n) is 18.3. The summed E-state index contributed by atoms with van der Waals surface area (Å²) in [5.41, 5.74) is 8.99. The highest BCUT2D eigenvalue weighted by Crippen LogP contribution is 2.42. The van der Waals surface area contributed by atoms with Crippen LogP contribution in [0.1, 0.15) is 28.8 Å². The number of nitrogen functional groups attached to an aromatic ring is 1. The van der Waals surface area contributed by atoms with E-state index in [2.05, 4.69) is 15.3 Å². The van der Waals surface area contributed by atoms with Gasteiger partial charge in [0.25, 0.3) is 0 Å². The van der Waals surface area contributed by atoms with Crippen molar-refractivity contribution >= 4 is 50.9 Å². The van der Waals surface area contributed by atoms with Crippen LogP contribution in [0.3, 0.4) is 0 Å². The Morgan fingerprint density at radius 3 is 2.97 bits per heavy atom. The number of carbonyl (C=O) groups excluding carboxylic acids is 1. The Kier molecular flexibility index (Phi) is 5.63. The lowest BCUT2D eigenvalue weighted by Crippen LogP contribution is -2.53. The largest absolute Gasteiger partial charge is 0.494 e. The molecule has 172 valence electrons. The van der Waals surface area contributed by atoms with Gasteiger partial charge in [0, 0.05) is 47.9 Å². The minimum absolute atomic E-state index is 0.134. The second-order valence-corrected chi connectivity index (χ2v) is 9.71.